The molecule has 0 unspecified atom stereocenters. The van der Waals surface area contributed by atoms with Gasteiger partial charge < -0.3 is 14.8 Å². The van der Waals surface area contributed by atoms with Gasteiger partial charge in [0.25, 0.3) is 5.91 Å². The maximum atomic E-state index is 12.6. The minimum Gasteiger partial charge on any atom is -0.493 e. The van der Waals surface area contributed by atoms with Gasteiger partial charge in [-0.15, -0.1) is 17.8 Å². The summed E-state index contributed by atoms with van der Waals surface area (Å²) in [5.74, 6) is 3.22. The van der Waals surface area contributed by atoms with Gasteiger partial charge in [-0.1, -0.05) is 35.7 Å². The molecule has 37 heavy (non-hydrogen) atoms. The molecular weight excluding hydrogens is 599 g/mol. The number of nitrogens with one attached hydrogen (secondary N) is 2. The number of hydrogen-bond acceptors (Lipinski definition) is 7. The molecular formula is C28H23IN4O3S. The van der Waals surface area contributed by atoms with Crippen molar-refractivity contribution < 1.29 is 14.3 Å². The van der Waals surface area contributed by atoms with E-state index in [1.807, 2.05) is 35.7 Å². The second-order valence-corrected chi connectivity index (χ2v) is 9.85. The highest BCUT2D eigenvalue weighted by Gasteiger charge is 2.11. The SMILES string of the molecule is C#CCOc1c(I)cc(/C=N\NC(=O)c2ccc(-c3csc(Nc4ccc(C)cc4)n3)cc2)cc1OC. The number of aryl methyl sites for hydroxylation is 1. The number of anilines is 2. The first-order valence-corrected chi connectivity index (χ1v) is 13.1. The number of methoxy groups -OCH3 is 1. The highest BCUT2D eigenvalue weighted by molar-refractivity contribution is 14.1. The Kier molecular flexibility index (Phi) is 8.77. The normalized spacial score (nSPS) is 10.6. The van der Waals surface area contributed by atoms with Crippen molar-refractivity contribution in [1.82, 2.24) is 10.4 Å². The van der Waals surface area contributed by atoms with Crippen molar-refractivity contribution in [2.24, 2.45) is 5.10 Å². The fourth-order valence-corrected chi connectivity index (χ4v) is 4.84. The molecule has 0 spiro atoms. The molecule has 4 aromatic rings. The van der Waals surface area contributed by atoms with Crippen LogP contribution in [0.5, 0.6) is 11.5 Å². The highest BCUT2D eigenvalue weighted by Crippen LogP contribution is 2.33. The number of ether oxygens (including phenoxy) is 2. The zero-order valence-corrected chi connectivity index (χ0v) is 23.1. The Morgan fingerprint density at radius 1 is 1.19 bits per heavy atom. The molecule has 0 aliphatic carbocycles. The number of terminal acetylenes is 1. The molecule has 0 aliphatic heterocycles. The summed E-state index contributed by atoms with van der Waals surface area (Å²) in [6.45, 7) is 2.19. The second kappa shape index (κ2) is 12.4. The Labute approximate surface area is 233 Å². The summed E-state index contributed by atoms with van der Waals surface area (Å²) in [5, 5.41) is 10.2. The summed E-state index contributed by atoms with van der Waals surface area (Å²) in [4.78, 5) is 17.2. The van der Waals surface area contributed by atoms with Gasteiger partial charge in [0.1, 0.15) is 6.61 Å². The van der Waals surface area contributed by atoms with Crippen LogP contribution < -0.4 is 20.2 Å². The minimum atomic E-state index is -0.321. The van der Waals surface area contributed by atoms with Crippen LogP contribution in [0.1, 0.15) is 21.5 Å². The number of thiazole rings is 1. The lowest BCUT2D eigenvalue weighted by Crippen LogP contribution is -2.17. The summed E-state index contributed by atoms with van der Waals surface area (Å²) in [6, 6.07) is 19.0. The van der Waals surface area contributed by atoms with Crippen LogP contribution in [0.15, 0.2) is 71.1 Å². The van der Waals surface area contributed by atoms with Crippen LogP contribution in [0, 0.1) is 22.8 Å². The number of hydrazone groups is 1. The average molecular weight is 622 g/mol. The fraction of sp³-hybridized carbons (Fsp3) is 0.107. The van der Waals surface area contributed by atoms with Crippen LogP contribution in [-0.2, 0) is 0 Å². The van der Waals surface area contributed by atoms with Crippen LogP contribution in [0.25, 0.3) is 11.3 Å². The predicted molar refractivity (Wildman–Crippen MR) is 157 cm³/mol. The van der Waals surface area contributed by atoms with Gasteiger partial charge in [-0.05, 0) is 71.5 Å². The van der Waals surface area contributed by atoms with Crippen LogP contribution in [-0.4, -0.2) is 30.8 Å². The summed E-state index contributed by atoms with van der Waals surface area (Å²) in [5.41, 5.74) is 7.72. The van der Waals surface area contributed by atoms with Crippen LogP contribution in [0.3, 0.4) is 0 Å². The van der Waals surface area contributed by atoms with Gasteiger partial charge >= 0.3 is 0 Å². The minimum absolute atomic E-state index is 0.141. The lowest BCUT2D eigenvalue weighted by atomic mass is 10.1. The van der Waals surface area contributed by atoms with E-state index in [0.717, 1.165) is 31.2 Å². The van der Waals surface area contributed by atoms with Gasteiger partial charge in [0.15, 0.2) is 16.6 Å². The van der Waals surface area contributed by atoms with Gasteiger partial charge in [0.05, 0.1) is 22.6 Å². The number of benzene rings is 3. The summed E-state index contributed by atoms with van der Waals surface area (Å²) in [7, 11) is 1.55. The second-order valence-electron chi connectivity index (χ2n) is 7.83. The van der Waals surface area contributed by atoms with Crippen molar-refractivity contribution in [2.45, 2.75) is 6.92 Å². The van der Waals surface area contributed by atoms with Crippen molar-refractivity contribution in [3.63, 3.8) is 0 Å². The molecule has 1 aromatic heterocycles. The van der Waals surface area contributed by atoms with E-state index in [4.69, 9.17) is 15.9 Å². The first-order valence-electron chi connectivity index (χ1n) is 11.1. The zero-order valence-electron chi connectivity index (χ0n) is 20.1. The molecule has 1 amide bonds. The highest BCUT2D eigenvalue weighted by atomic mass is 127. The number of hydrogen-bond donors (Lipinski definition) is 2. The van der Waals surface area contributed by atoms with E-state index in [1.165, 1.54) is 16.9 Å². The topological polar surface area (TPSA) is 84.8 Å². The molecule has 3 aromatic carbocycles. The van der Waals surface area contributed by atoms with Gasteiger partial charge in [-0.25, -0.2) is 10.4 Å². The molecule has 7 nitrogen and oxygen atoms in total. The van der Waals surface area contributed by atoms with Gasteiger partial charge in [-0.2, -0.15) is 5.10 Å². The van der Waals surface area contributed by atoms with E-state index in [2.05, 4.69) is 68.4 Å². The lowest BCUT2D eigenvalue weighted by Gasteiger charge is -2.11. The number of amides is 1. The summed E-state index contributed by atoms with van der Waals surface area (Å²) in [6.07, 6.45) is 6.81. The van der Waals surface area contributed by atoms with E-state index in [0.29, 0.717) is 17.1 Å². The molecule has 4 rings (SSSR count). The fourth-order valence-electron chi connectivity index (χ4n) is 3.31. The van der Waals surface area contributed by atoms with Crippen molar-refractivity contribution >= 4 is 56.9 Å². The number of halogens is 1. The largest absolute Gasteiger partial charge is 0.493 e. The van der Waals surface area contributed by atoms with Crippen molar-refractivity contribution in [3.05, 3.63) is 86.3 Å². The van der Waals surface area contributed by atoms with Crippen molar-refractivity contribution in [3.8, 4) is 35.1 Å². The van der Waals surface area contributed by atoms with E-state index in [9.17, 15) is 4.79 Å². The summed E-state index contributed by atoms with van der Waals surface area (Å²) >= 11 is 3.66. The monoisotopic (exact) mass is 622 g/mol. The van der Waals surface area contributed by atoms with Crippen LogP contribution >= 0.6 is 33.9 Å². The maximum Gasteiger partial charge on any atom is 0.271 e. The van der Waals surface area contributed by atoms with Gasteiger partial charge in [0, 0.05) is 22.2 Å². The first-order chi connectivity index (χ1) is 18.0. The Morgan fingerprint density at radius 3 is 2.65 bits per heavy atom. The molecule has 1 heterocycles. The lowest BCUT2D eigenvalue weighted by molar-refractivity contribution is 0.0955. The Balaban J connectivity index is 1.37. The molecule has 0 saturated heterocycles. The molecule has 0 atom stereocenters. The number of carbonyl (C=O) groups excluding carboxylic acids is 1. The molecule has 0 saturated carbocycles. The Hall–Kier alpha value is -3.88. The third-order valence-electron chi connectivity index (χ3n) is 5.18. The first kappa shape index (κ1) is 26.2. The van der Waals surface area contributed by atoms with E-state index in [-0.39, 0.29) is 12.5 Å². The molecule has 9 heteroatoms. The standard InChI is InChI=1S/C28H23IN4O3S/c1-4-13-36-26-23(29)14-19(15-25(26)35-3)16-30-33-27(34)21-9-7-20(8-10-21)24-17-37-28(32-24)31-22-11-5-18(2)6-12-22/h1,5-12,14-17H,13H2,2-3H3,(H,31,32)(H,33,34)/b30-16-. The zero-order chi connectivity index (χ0) is 26.2. The van der Waals surface area contributed by atoms with E-state index in [1.54, 1.807) is 31.5 Å². The predicted octanol–water partition coefficient (Wildman–Crippen LogP) is 6.25. The average Bonchev–Trinajstić information content (AvgIpc) is 3.37. The number of aromatic nitrogens is 1. The quantitative estimate of drug-likeness (QED) is 0.0998. The Bertz CT molecular complexity index is 1460. The third kappa shape index (κ3) is 6.87. The molecule has 2 N–H and O–H groups in total. The number of nitrogens with zero attached hydrogens (tertiary/aromatic N) is 2. The van der Waals surface area contributed by atoms with Crippen LogP contribution in [0.2, 0.25) is 0 Å². The van der Waals surface area contributed by atoms with Gasteiger partial charge in [0.2, 0.25) is 0 Å². The van der Waals surface area contributed by atoms with Crippen molar-refractivity contribution in [2.75, 3.05) is 19.0 Å². The summed E-state index contributed by atoms with van der Waals surface area (Å²) < 4.78 is 11.7. The van der Waals surface area contributed by atoms with Crippen LogP contribution in [0.4, 0.5) is 10.8 Å². The van der Waals surface area contributed by atoms with E-state index < -0.39 is 0 Å². The Morgan fingerprint density at radius 2 is 1.95 bits per heavy atom. The smallest absolute Gasteiger partial charge is 0.271 e. The molecule has 0 bridgehead atoms. The number of carbonyl (C=O) groups is 1. The third-order valence-corrected chi connectivity index (χ3v) is 6.74. The number of rotatable bonds is 9. The molecule has 0 fully saturated rings. The molecule has 0 aliphatic rings. The van der Waals surface area contributed by atoms with Gasteiger partial charge in [-0.3, -0.25) is 4.79 Å². The molecule has 0 radical (unpaired) electrons. The van der Waals surface area contributed by atoms with Crippen molar-refractivity contribution in [1.29, 1.82) is 0 Å². The molecule has 186 valence electrons. The maximum absolute atomic E-state index is 12.6. The van der Waals surface area contributed by atoms with E-state index >= 15 is 0 Å².